The molecule has 0 fully saturated rings. The molecule has 0 spiro atoms. The second-order valence-electron chi connectivity index (χ2n) is 3.00. The fourth-order valence-electron chi connectivity index (χ4n) is 1.03. The molecule has 0 radical (unpaired) electrons. The lowest BCUT2D eigenvalue weighted by Gasteiger charge is -1.99. The Kier molecular flexibility index (Phi) is 3.40. The first-order chi connectivity index (χ1) is 8.25. The van der Waals surface area contributed by atoms with Crippen LogP contribution < -0.4 is 11.2 Å². The van der Waals surface area contributed by atoms with Crippen molar-refractivity contribution in [3.63, 3.8) is 0 Å². The van der Waals surface area contributed by atoms with Crippen molar-refractivity contribution in [2.24, 2.45) is 5.10 Å². The lowest BCUT2D eigenvalue weighted by molar-refractivity contribution is -0.121. The zero-order valence-corrected chi connectivity index (χ0v) is 9.46. The average Bonchev–Trinajstić information content (AvgIpc) is 2.92. The van der Waals surface area contributed by atoms with Crippen molar-refractivity contribution in [2.45, 2.75) is 6.54 Å². The Labute approximate surface area is 100 Å². The van der Waals surface area contributed by atoms with E-state index in [2.05, 4.69) is 26.1 Å². The molecule has 0 aliphatic carbocycles. The van der Waals surface area contributed by atoms with Gasteiger partial charge in [0, 0.05) is 4.88 Å². The maximum atomic E-state index is 11.4. The van der Waals surface area contributed by atoms with Gasteiger partial charge in [0.2, 0.25) is 5.95 Å². The number of aromatic nitrogens is 4. The molecule has 0 unspecified atom stereocenters. The third-order valence-electron chi connectivity index (χ3n) is 1.78. The Morgan fingerprint density at radius 1 is 1.71 bits per heavy atom. The number of nitrogens with zero attached hydrogens (tertiary/aromatic N) is 5. The van der Waals surface area contributed by atoms with Crippen molar-refractivity contribution >= 4 is 29.4 Å². The minimum absolute atomic E-state index is 0.0688. The number of nitrogen functional groups attached to an aromatic ring is 1. The number of hydrogen-bond acceptors (Lipinski definition) is 7. The van der Waals surface area contributed by atoms with E-state index in [4.69, 9.17) is 5.73 Å². The number of nitrogens with one attached hydrogen (secondary N) is 1. The summed E-state index contributed by atoms with van der Waals surface area (Å²) >= 11 is 1.52. The summed E-state index contributed by atoms with van der Waals surface area (Å²) in [6.45, 7) is -0.0688. The fraction of sp³-hybridized carbons (Fsp3) is 0.125. The number of hydrazone groups is 1. The van der Waals surface area contributed by atoms with Gasteiger partial charge in [0.25, 0.3) is 5.91 Å². The van der Waals surface area contributed by atoms with Gasteiger partial charge in [0.15, 0.2) is 0 Å². The predicted octanol–water partition coefficient (Wildman–Crippen LogP) is -0.533. The summed E-state index contributed by atoms with van der Waals surface area (Å²) in [5.74, 6) is -0.265. The molecule has 2 aromatic rings. The van der Waals surface area contributed by atoms with E-state index in [1.165, 1.54) is 16.0 Å². The Morgan fingerprint density at radius 3 is 3.24 bits per heavy atom. The third kappa shape index (κ3) is 3.08. The number of carbonyl (C=O) groups is 1. The van der Waals surface area contributed by atoms with Gasteiger partial charge < -0.3 is 5.73 Å². The summed E-state index contributed by atoms with van der Waals surface area (Å²) < 4.78 is 1.18. The molecule has 1 amide bonds. The van der Waals surface area contributed by atoms with Crippen molar-refractivity contribution in [1.29, 1.82) is 0 Å². The Balaban J connectivity index is 1.84. The van der Waals surface area contributed by atoms with Crippen LogP contribution in [0.3, 0.4) is 0 Å². The van der Waals surface area contributed by atoms with Gasteiger partial charge in [0.05, 0.1) is 6.21 Å². The highest BCUT2D eigenvalue weighted by atomic mass is 32.1. The minimum Gasteiger partial charge on any atom is -0.367 e. The first-order valence-electron chi connectivity index (χ1n) is 4.63. The van der Waals surface area contributed by atoms with Crippen LogP contribution >= 0.6 is 11.3 Å². The normalized spacial score (nSPS) is 10.8. The molecular weight excluding hydrogens is 242 g/mol. The van der Waals surface area contributed by atoms with Crippen molar-refractivity contribution in [2.75, 3.05) is 5.73 Å². The van der Waals surface area contributed by atoms with Crippen LogP contribution in [0.5, 0.6) is 0 Å². The molecule has 0 aromatic carbocycles. The van der Waals surface area contributed by atoms with E-state index in [0.29, 0.717) is 0 Å². The van der Waals surface area contributed by atoms with Gasteiger partial charge in [-0.25, -0.2) is 10.1 Å². The van der Waals surface area contributed by atoms with Crippen molar-refractivity contribution < 1.29 is 4.79 Å². The molecule has 2 aromatic heterocycles. The number of tetrazole rings is 1. The van der Waals surface area contributed by atoms with Crippen LogP contribution in [0.1, 0.15) is 4.88 Å². The topological polar surface area (TPSA) is 111 Å². The van der Waals surface area contributed by atoms with Gasteiger partial charge in [-0.3, -0.25) is 4.79 Å². The summed E-state index contributed by atoms with van der Waals surface area (Å²) in [4.78, 5) is 12.3. The smallest absolute Gasteiger partial charge is 0.261 e. The zero-order valence-electron chi connectivity index (χ0n) is 8.65. The van der Waals surface area contributed by atoms with Crippen LogP contribution in [-0.4, -0.2) is 32.3 Å². The Hall–Kier alpha value is -2.29. The van der Waals surface area contributed by atoms with Crippen molar-refractivity contribution in [3.8, 4) is 0 Å². The molecule has 0 aliphatic rings. The molecule has 2 heterocycles. The molecule has 0 saturated carbocycles. The van der Waals surface area contributed by atoms with Crippen molar-refractivity contribution in [1.82, 2.24) is 25.6 Å². The van der Waals surface area contributed by atoms with Crippen LogP contribution in [0.25, 0.3) is 0 Å². The third-order valence-corrected chi connectivity index (χ3v) is 2.58. The van der Waals surface area contributed by atoms with Crippen molar-refractivity contribution in [3.05, 3.63) is 22.4 Å². The largest absolute Gasteiger partial charge is 0.367 e. The first kappa shape index (κ1) is 11.2. The van der Waals surface area contributed by atoms with Gasteiger partial charge in [-0.05, 0) is 21.9 Å². The number of amides is 1. The molecule has 8 nitrogen and oxygen atoms in total. The number of anilines is 1. The molecule has 0 bridgehead atoms. The van der Waals surface area contributed by atoms with E-state index in [1.54, 1.807) is 6.21 Å². The van der Waals surface area contributed by atoms with E-state index >= 15 is 0 Å². The van der Waals surface area contributed by atoms with E-state index < -0.39 is 0 Å². The second-order valence-corrected chi connectivity index (χ2v) is 3.98. The minimum atomic E-state index is -0.350. The quantitative estimate of drug-likeness (QED) is 0.560. The molecule has 0 saturated heterocycles. The number of thiophene rings is 1. The molecule has 9 heteroatoms. The highest BCUT2D eigenvalue weighted by molar-refractivity contribution is 7.11. The zero-order chi connectivity index (χ0) is 12.1. The van der Waals surface area contributed by atoms with E-state index in [9.17, 15) is 4.79 Å². The summed E-state index contributed by atoms with van der Waals surface area (Å²) in [5.41, 5.74) is 7.76. The molecule has 2 rings (SSSR count). The standard InChI is InChI=1S/C8H9N7OS/c9-8-12-13-14-15(8)5-7(16)11-10-4-6-2-1-3-17-6/h1-4H,5H2,(H,11,16)(H2,9,12,14)/b10-4+. The van der Waals surface area contributed by atoms with E-state index in [-0.39, 0.29) is 18.4 Å². The molecular formula is C8H9N7OS. The number of rotatable bonds is 4. The number of nitrogens with two attached hydrogens (primary N) is 1. The monoisotopic (exact) mass is 251 g/mol. The van der Waals surface area contributed by atoms with Gasteiger partial charge in [-0.2, -0.15) is 5.10 Å². The SMILES string of the molecule is Nc1nnnn1CC(=O)N/N=C/c1cccs1. The highest BCUT2D eigenvalue weighted by Gasteiger charge is 2.06. The lowest BCUT2D eigenvalue weighted by Crippen LogP contribution is -2.24. The van der Waals surface area contributed by atoms with Gasteiger partial charge in [-0.1, -0.05) is 11.2 Å². The van der Waals surface area contributed by atoms with Gasteiger partial charge in [-0.15, -0.1) is 11.3 Å². The first-order valence-corrected chi connectivity index (χ1v) is 5.51. The second kappa shape index (κ2) is 5.16. The van der Waals surface area contributed by atoms with Crippen LogP contribution in [0, 0.1) is 0 Å². The Bertz CT molecular complexity index is 518. The van der Waals surface area contributed by atoms with E-state index in [1.807, 2.05) is 17.5 Å². The predicted molar refractivity (Wildman–Crippen MR) is 62.3 cm³/mol. The maximum absolute atomic E-state index is 11.4. The fourth-order valence-corrected chi connectivity index (χ4v) is 1.61. The molecule has 88 valence electrons. The molecule has 0 aliphatic heterocycles. The molecule has 3 N–H and O–H groups in total. The number of carbonyl (C=O) groups excluding carboxylic acids is 1. The van der Waals surface area contributed by atoms with Crippen LogP contribution in [0.4, 0.5) is 5.95 Å². The molecule has 0 atom stereocenters. The summed E-state index contributed by atoms with van der Waals surface area (Å²) in [6, 6.07) is 3.79. The van der Waals surface area contributed by atoms with Crippen LogP contribution in [0.15, 0.2) is 22.6 Å². The number of hydrogen-bond donors (Lipinski definition) is 2. The maximum Gasteiger partial charge on any atom is 0.261 e. The van der Waals surface area contributed by atoms with Crippen LogP contribution in [-0.2, 0) is 11.3 Å². The lowest BCUT2D eigenvalue weighted by atomic mass is 10.5. The van der Waals surface area contributed by atoms with E-state index in [0.717, 1.165) is 4.88 Å². The highest BCUT2D eigenvalue weighted by Crippen LogP contribution is 2.04. The molecule has 17 heavy (non-hydrogen) atoms. The van der Waals surface area contributed by atoms with Crippen LogP contribution in [0.2, 0.25) is 0 Å². The van der Waals surface area contributed by atoms with Gasteiger partial charge in [0.1, 0.15) is 6.54 Å². The Morgan fingerprint density at radius 2 is 2.59 bits per heavy atom. The summed E-state index contributed by atoms with van der Waals surface area (Å²) in [7, 11) is 0. The summed E-state index contributed by atoms with van der Waals surface area (Å²) in [5, 5.41) is 16.0. The average molecular weight is 251 g/mol. The summed E-state index contributed by atoms with van der Waals surface area (Å²) in [6.07, 6.45) is 1.56. The van der Waals surface area contributed by atoms with Gasteiger partial charge >= 0.3 is 0 Å².